The van der Waals surface area contributed by atoms with Gasteiger partial charge in [-0.15, -0.1) is 11.3 Å². The minimum Gasteiger partial charge on any atom is -0.349 e. The van der Waals surface area contributed by atoms with Gasteiger partial charge in [0.25, 0.3) is 5.91 Å². The molecule has 5 heteroatoms. The van der Waals surface area contributed by atoms with Crippen LogP contribution >= 0.6 is 11.3 Å². The van der Waals surface area contributed by atoms with Crippen LogP contribution in [0.25, 0.3) is 0 Å². The number of aromatic nitrogens is 1. The molecule has 0 aliphatic carbocycles. The number of thiophene rings is 1. The van der Waals surface area contributed by atoms with Crippen molar-refractivity contribution >= 4 is 17.2 Å². The van der Waals surface area contributed by atoms with E-state index in [4.69, 9.17) is 0 Å². The monoisotopic (exact) mass is 275 g/mol. The molecule has 0 saturated heterocycles. The van der Waals surface area contributed by atoms with Crippen molar-refractivity contribution in [2.24, 2.45) is 0 Å². The Labute approximate surface area is 117 Å². The molecule has 100 valence electrons. The van der Waals surface area contributed by atoms with Crippen LogP contribution < -0.4 is 5.32 Å². The first-order valence-electron chi connectivity index (χ1n) is 6.07. The van der Waals surface area contributed by atoms with Crippen molar-refractivity contribution in [2.45, 2.75) is 6.04 Å². The van der Waals surface area contributed by atoms with E-state index in [1.165, 1.54) is 4.88 Å². The number of carbonyl (C=O) groups is 1. The molecule has 1 amide bonds. The van der Waals surface area contributed by atoms with Crippen molar-refractivity contribution in [1.29, 1.82) is 0 Å². The maximum Gasteiger partial charge on any atom is 0.269 e. The van der Waals surface area contributed by atoms with Crippen LogP contribution in [-0.4, -0.2) is 36.4 Å². The van der Waals surface area contributed by atoms with Crippen molar-refractivity contribution in [3.05, 3.63) is 52.5 Å². The van der Waals surface area contributed by atoms with Crippen molar-refractivity contribution in [3.8, 4) is 0 Å². The van der Waals surface area contributed by atoms with Crippen LogP contribution in [0.3, 0.4) is 0 Å². The normalized spacial score (nSPS) is 12.4. The maximum absolute atomic E-state index is 12.0. The van der Waals surface area contributed by atoms with E-state index in [2.05, 4.69) is 21.3 Å². The van der Waals surface area contributed by atoms with Gasteiger partial charge in [-0.2, -0.15) is 0 Å². The van der Waals surface area contributed by atoms with Gasteiger partial charge in [-0.3, -0.25) is 9.78 Å². The number of pyridine rings is 1. The molecule has 2 aromatic heterocycles. The van der Waals surface area contributed by atoms with E-state index >= 15 is 0 Å². The fraction of sp³-hybridized carbons (Fsp3) is 0.286. The molecule has 0 unspecified atom stereocenters. The van der Waals surface area contributed by atoms with Crippen LogP contribution in [0.4, 0.5) is 0 Å². The Bertz CT molecular complexity index is 511. The van der Waals surface area contributed by atoms with Crippen LogP contribution in [0.2, 0.25) is 0 Å². The SMILES string of the molecule is CN(C)[C@@H](CNC(=O)c1ccccn1)c1cccs1. The van der Waals surface area contributed by atoms with Crippen LogP contribution in [0.1, 0.15) is 21.4 Å². The molecule has 19 heavy (non-hydrogen) atoms. The Morgan fingerprint density at radius 2 is 2.21 bits per heavy atom. The fourth-order valence-corrected chi connectivity index (χ4v) is 2.72. The van der Waals surface area contributed by atoms with E-state index in [0.717, 1.165) is 0 Å². The van der Waals surface area contributed by atoms with Gasteiger partial charge in [-0.25, -0.2) is 0 Å². The molecule has 2 aromatic rings. The van der Waals surface area contributed by atoms with Crippen molar-refractivity contribution in [3.63, 3.8) is 0 Å². The van der Waals surface area contributed by atoms with Gasteiger partial charge in [-0.05, 0) is 37.7 Å². The molecule has 0 aliphatic rings. The van der Waals surface area contributed by atoms with Gasteiger partial charge in [0, 0.05) is 17.6 Å². The summed E-state index contributed by atoms with van der Waals surface area (Å²) in [6, 6.07) is 9.62. The smallest absolute Gasteiger partial charge is 0.269 e. The van der Waals surface area contributed by atoms with Crippen LogP contribution in [0, 0.1) is 0 Å². The first-order valence-corrected chi connectivity index (χ1v) is 6.95. The van der Waals surface area contributed by atoms with Gasteiger partial charge in [-0.1, -0.05) is 12.1 Å². The number of hydrogen-bond acceptors (Lipinski definition) is 4. The highest BCUT2D eigenvalue weighted by molar-refractivity contribution is 7.10. The number of carbonyl (C=O) groups excluding carboxylic acids is 1. The lowest BCUT2D eigenvalue weighted by molar-refractivity contribution is 0.0937. The number of nitrogens with zero attached hydrogens (tertiary/aromatic N) is 2. The lowest BCUT2D eigenvalue weighted by atomic mass is 10.2. The lowest BCUT2D eigenvalue weighted by Crippen LogP contribution is -2.34. The summed E-state index contributed by atoms with van der Waals surface area (Å²) in [5.41, 5.74) is 0.450. The topological polar surface area (TPSA) is 45.2 Å². The standard InChI is InChI=1S/C14H17N3OS/c1-17(2)12(13-7-5-9-19-13)10-16-14(18)11-6-3-4-8-15-11/h3-9,12H,10H2,1-2H3,(H,16,18)/t12-/m0/s1. The summed E-state index contributed by atoms with van der Waals surface area (Å²) in [7, 11) is 4.02. The predicted molar refractivity (Wildman–Crippen MR) is 77.3 cm³/mol. The summed E-state index contributed by atoms with van der Waals surface area (Å²) in [5.74, 6) is -0.135. The van der Waals surface area contributed by atoms with Crippen molar-refractivity contribution in [1.82, 2.24) is 15.2 Å². The molecule has 0 fully saturated rings. The van der Waals surface area contributed by atoms with Crippen molar-refractivity contribution < 1.29 is 4.79 Å². The highest BCUT2D eigenvalue weighted by Crippen LogP contribution is 2.22. The van der Waals surface area contributed by atoms with Gasteiger partial charge in [0.05, 0.1) is 6.04 Å². The zero-order valence-corrected chi connectivity index (χ0v) is 11.9. The predicted octanol–water partition coefficient (Wildman–Crippen LogP) is 2.18. The summed E-state index contributed by atoms with van der Waals surface area (Å²) >= 11 is 1.70. The third-order valence-corrected chi connectivity index (χ3v) is 3.82. The number of likely N-dealkylation sites (N-methyl/N-ethyl adjacent to an activating group) is 1. The van der Waals surface area contributed by atoms with E-state index in [-0.39, 0.29) is 11.9 Å². The Morgan fingerprint density at radius 3 is 2.79 bits per heavy atom. The molecular weight excluding hydrogens is 258 g/mol. The third kappa shape index (κ3) is 3.62. The summed E-state index contributed by atoms with van der Waals surface area (Å²) < 4.78 is 0. The van der Waals surface area contributed by atoms with E-state index in [1.807, 2.05) is 31.6 Å². The molecule has 0 saturated carbocycles. The second kappa shape index (κ2) is 6.45. The summed E-state index contributed by atoms with van der Waals surface area (Å²) in [4.78, 5) is 19.3. The molecule has 0 radical (unpaired) electrons. The zero-order valence-electron chi connectivity index (χ0n) is 11.0. The highest BCUT2D eigenvalue weighted by atomic mass is 32.1. The van der Waals surface area contributed by atoms with Crippen molar-refractivity contribution in [2.75, 3.05) is 20.6 Å². The summed E-state index contributed by atoms with van der Waals surface area (Å²) in [6.45, 7) is 0.572. The van der Waals surface area contributed by atoms with E-state index < -0.39 is 0 Å². The minimum absolute atomic E-state index is 0.135. The number of hydrogen-bond donors (Lipinski definition) is 1. The average molecular weight is 275 g/mol. The zero-order chi connectivity index (χ0) is 13.7. The van der Waals surface area contributed by atoms with E-state index in [9.17, 15) is 4.79 Å². The average Bonchev–Trinajstić information content (AvgIpc) is 2.93. The van der Waals surface area contributed by atoms with E-state index in [0.29, 0.717) is 12.2 Å². The number of nitrogens with one attached hydrogen (secondary N) is 1. The third-order valence-electron chi connectivity index (χ3n) is 2.85. The number of amides is 1. The Hall–Kier alpha value is -1.72. The molecule has 0 spiro atoms. The minimum atomic E-state index is -0.135. The maximum atomic E-state index is 12.0. The van der Waals surface area contributed by atoms with Gasteiger partial charge in [0.15, 0.2) is 0 Å². The number of rotatable bonds is 5. The quantitative estimate of drug-likeness (QED) is 0.909. The first kappa shape index (κ1) is 13.7. The van der Waals surface area contributed by atoms with Gasteiger partial charge < -0.3 is 10.2 Å². The molecular formula is C14H17N3OS. The summed E-state index contributed by atoms with van der Waals surface area (Å²) in [5, 5.41) is 4.98. The second-order valence-corrected chi connectivity index (χ2v) is 5.40. The van der Waals surface area contributed by atoms with Gasteiger partial charge in [0.1, 0.15) is 5.69 Å². The molecule has 0 bridgehead atoms. The Kier molecular flexibility index (Phi) is 4.65. The van der Waals surface area contributed by atoms with Crippen LogP contribution in [0.5, 0.6) is 0 Å². The molecule has 1 N–H and O–H groups in total. The van der Waals surface area contributed by atoms with Gasteiger partial charge >= 0.3 is 0 Å². The Morgan fingerprint density at radius 1 is 1.37 bits per heavy atom. The van der Waals surface area contributed by atoms with E-state index in [1.54, 1.807) is 29.7 Å². The molecule has 0 aliphatic heterocycles. The van der Waals surface area contributed by atoms with Gasteiger partial charge in [0.2, 0.25) is 0 Å². The largest absolute Gasteiger partial charge is 0.349 e. The molecule has 1 atom stereocenters. The molecule has 0 aromatic carbocycles. The molecule has 2 heterocycles. The second-order valence-electron chi connectivity index (χ2n) is 4.42. The van der Waals surface area contributed by atoms with Crippen LogP contribution in [-0.2, 0) is 0 Å². The lowest BCUT2D eigenvalue weighted by Gasteiger charge is -2.23. The summed E-state index contributed by atoms with van der Waals surface area (Å²) in [6.07, 6.45) is 1.62. The Balaban J connectivity index is 1.98. The van der Waals surface area contributed by atoms with Crippen LogP contribution in [0.15, 0.2) is 41.9 Å². The highest BCUT2D eigenvalue weighted by Gasteiger charge is 2.16. The fourth-order valence-electron chi connectivity index (χ4n) is 1.80. The molecule has 4 nitrogen and oxygen atoms in total. The first-order chi connectivity index (χ1) is 9.18. The molecule has 2 rings (SSSR count).